The van der Waals surface area contributed by atoms with Gasteiger partial charge in [0.1, 0.15) is 0 Å². The third-order valence-corrected chi connectivity index (χ3v) is 7.68. The van der Waals surface area contributed by atoms with Crippen molar-refractivity contribution in [2.75, 3.05) is 25.2 Å². The maximum Gasteiger partial charge on any atom is 0.488 e. The second-order valence-corrected chi connectivity index (χ2v) is 10.4. The van der Waals surface area contributed by atoms with Crippen LogP contribution in [0.15, 0.2) is 59.2 Å². The van der Waals surface area contributed by atoms with Crippen LogP contribution < -0.4 is 10.4 Å². The fraction of sp³-hybridized carbons (Fsp3) is 0.379. The van der Waals surface area contributed by atoms with Crippen LogP contribution in [0.1, 0.15) is 31.7 Å². The number of fused-ring (bicyclic) bond motifs is 1. The number of methoxy groups -OCH3 is 1. The molecule has 0 radical (unpaired) electrons. The molecular formula is C29H33BFNO8. The smallest absolute Gasteiger partial charge is 0.488 e. The number of imide groups is 1. The summed E-state index contributed by atoms with van der Waals surface area (Å²) in [5.41, 5.74) is 2.87. The zero-order chi connectivity index (χ0) is 29.1. The normalized spacial score (nSPS) is 22.1. The molecule has 40 heavy (non-hydrogen) atoms. The Labute approximate surface area is 232 Å². The van der Waals surface area contributed by atoms with E-state index < -0.39 is 61.0 Å². The Balaban J connectivity index is 1.59. The van der Waals surface area contributed by atoms with Crippen LogP contribution in [-0.4, -0.2) is 70.7 Å². The summed E-state index contributed by atoms with van der Waals surface area (Å²) >= 11 is 0. The first kappa shape index (κ1) is 29.6. The molecule has 1 heterocycles. The van der Waals surface area contributed by atoms with E-state index in [1.165, 1.54) is 43.5 Å². The SMILES string of the molecule is COCC1=C([C@H](O)CC/C(C)=C/c2ccc(O)c(F)c2)[C@H](CO)[C@@H]2C(=O)N(c3cccc(B(O)O)c3)C(=O)[C@@H]2C1. The molecule has 0 saturated carbocycles. The number of hydrogen-bond donors (Lipinski definition) is 5. The zero-order valence-electron chi connectivity index (χ0n) is 22.3. The number of carbonyl (C=O) groups excluding carboxylic acids is 2. The molecule has 4 rings (SSSR count). The van der Waals surface area contributed by atoms with Crippen LogP contribution in [0.3, 0.4) is 0 Å². The first-order valence-corrected chi connectivity index (χ1v) is 13.1. The molecule has 9 nitrogen and oxygen atoms in total. The summed E-state index contributed by atoms with van der Waals surface area (Å²) in [6, 6.07) is 9.92. The van der Waals surface area contributed by atoms with Crippen LogP contribution in [-0.2, 0) is 14.3 Å². The minimum Gasteiger partial charge on any atom is -0.505 e. The Morgan fingerprint density at radius 1 is 1.20 bits per heavy atom. The van der Waals surface area contributed by atoms with E-state index in [1.54, 1.807) is 12.1 Å². The van der Waals surface area contributed by atoms with Gasteiger partial charge in [0.15, 0.2) is 11.6 Å². The van der Waals surface area contributed by atoms with Crippen LogP contribution in [0.5, 0.6) is 5.75 Å². The van der Waals surface area contributed by atoms with Crippen molar-refractivity contribution in [1.82, 2.24) is 0 Å². The molecule has 4 atom stereocenters. The lowest BCUT2D eigenvalue weighted by Crippen LogP contribution is -2.39. The third-order valence-electron chi connectivity index (χ3n) is 7.68. The molecule has 2 aromatic rings. The molecule has 2 aromatic carbocycles. The summed E-state index contributed by atoms with van der Waals surface area (Å²) in [6.45, 7) is 1.48. The van der Waals surface area contributed by atoms with Crippen LogP contribution in [0.2, 0.25) is 0 Å². The Kier molecular flexibility index (Phi) is 9.22. The standard InChI is InChI=1S/C29H33BFNO8/c1-16(10-17-7-9-24(34)23(31)11-17)6-8-25(35)26-18(15-40-2)12-21-27(22(26)14-33)29(37)32(28(21)36)20-5-3-4-19(13-20)30(38)39/h3-5,7,9-11,13,21-22,25,27,33-35,38-39H,6,8,12,14-15H2,1-2H3/b16-10+/t21-,22+,25-,27-/m1/s1. The monoisotopic (exact) mass is 553 g/mol. The van der Waals surface area contributed by atoms with Gasteiger partial charge in [-0.25, -0.2) is 4.39 Å². The molecule has 212 valence electrons. The van der Waals surface area contributed by atoms with E-state index >= 15 is 0 Å². The number of amides is 2. The Bertz CT molecular complexity index is 1340. The molecule has 0 unspecified atom stereocenters. The highest BCUT2D eigenvalue weighted by molar-refractivity contribution is 6.58. The average molecular weight is 553 g/mol. The van der Waals surface area contributed by atoms with E-state index in [9.17, 15) is 39.3 Å². The highest BCUT2D eigenvalue weighted by Crippen LogP contribution is 2.47. The van der Waals surface area contributed by atoms with Gasteiger partial charge in [-0.05, 0) is 72.6 Å². The molecule has 2 aliphatic rings. The second-order valence-electron chi connectivity index (χ2n) is 10.4. The summed E-state index contributed by atoms with van der Waals surface area (Å²) in [7, 11) is -0.289. The van der Waals surface area contributed by atoms with Gasteiger partial charge >= 0.3 is 7.12 Å². The molecule has 1 aliphatic heterocycles. The molecular weight excluding hydrogens is 520 g/mol. The average Bonchev–Trinajstić information content (AvgIpc) is 3.17. The maximum atomic E-state index is 13.7. The van der Waals surface area contributed by atoms with Gasteiger partial charge in [0.25, 0.3) is 0 Å². The number of nitrogens with zero attached hydrogens (tertiary/aromatic N) is 1. The quantitative estimate of drug-likeness (QED) is 0.169. The van der Waals surface area contributed by atoms with Gasteiger partial charge in [-0.3, -0.25) is 14.5 Å². The number of ether oxygens (including phenoxy) is 1. The van der Waals surface area contributed by atoms with E-state index in [1.807, 2.05) is 6.92 Å². The van der Waals surface area contributed by atoms with Crippen LogP contribution >= 0.6 is 0 Å². The molecule has 2 amide bonds. The van der Waals surface area contributed by atoms with Crippen molar-refractivity contribution < 1.29 is 44.1 Å². The van der Waals surface area contributed by atoms with Gasteiger partial charge in [-0.15, -0.1) is 0 Å². The number of hydrogen-bond acceptors (Lipinski definition) is 8. The minimum atomic E-state index is -1.78. The molecule has 1 saturated heterocycles. The highest BCUT2D eigenvalue weighted by Gasteiger charge is 2.55. The molecule has 11 heteroatoms. The maximum absolute atomic E-state index is 13.7. The number of carbonyl (C=O) groups is 2. The van der Waals surface area contributed by atoms with Gasteiger partial charge in [0.05, 0.1) is 36.8 Å². The van der Waals surface area contributed by atoms with Crippen LogP contribution in [0, 0.1) is 23.6 Å². The molecule has 0 aromatic heterocycles. The Hall–Kier alpha value is -3.35. The summed E-state index contributed by atoms with van der Waals surface area (Å²) < 4.78 is 19.1. The first-order valence-electron chi connectivity index (χ1n) is 13.1. The Morgan fingerprint density at radius 3 is 2.60 bits per heavy atom. The van der Waals surface area contributed by atoms with Gasteiger partial charge in [-0.2, -0.15) is 0 Å². The van der Waals surface area contributed by atoms with Crippen molar-refractivity contribution in [3.05, 3.63) is 70.6 Å². The van der Waals surface area contributed by atoms with Gasteiger partial charge < -0.3 is 30.1 Å². The predicted octanol–water partition coefficient (Wildman–Crippen LogP) is 1.52. The Morgan fingerprint density at radius 2 is 1.95 bits per heavy atom. The van der Waals surface area contributed by atoms with Crippen molar-refractivity contribution in [3.8, 4) is 5.75 Å². The number of halogens is 1. The van der Waals surface area contributed by atoms with Crippen LogP contribution in [0.25, 0.3) is 6.08 Å². The minimum absolute atomic E-state index is 0.112. The lowest BCUT2D eigenvalue weighted by atomic mass is 9.68. The van der Waals surface area contributed by atoms with E-state index in [4.69, 9.17) is 4.74 Å². The fourth-order valence-corrected chi connectivity index (χ4v) is 5.83. The number of aliphatic hydroxyl groups excluding tert-OH is 2. The first-order chi connectivity index (χ1) is 19.1. The van der Waals surface area contributed by atoms with Crippen molar-refractivity contribution >= 4 is 36.2 Å². The molecule has 0 spiro atoms. The summed E-state index contributed by atoms with van der Waals surface area (Å²) in [4.78, 5) is 28.1. The van der Waals surface area contributed by atoms with Crippen molar-refractivity contribution in [2.24, 2.45) is 17.8 Å². The van der Waals surface area contributed by atoms with E-state index in [0.29, 0.717) is 23.1 Å². The van der Waals surface area contributed by atoms with E-state index in [2.05, 4.69) is 0 Å². The van der Waals surface area contributed by atoms with E-state index in [-0.39, 0.29) is 30.6 Å². The summed E-state index contributed by atoms with van der Waals surface area (Å²) in [5.74, 6) is -4.64. The second kappa shape index (κ2) is 12.4. The predicted molar refractivity (Wildman–Crippen MR) is 147 cm³/mol. The molecule has 5 N–H and O–H groups in total. The van der Waals surface area contributed by atoms with Gasteiger partial charge in [0, 0.05) is 13.0 Å². The molecule has 1 fully saturated rings. The van der Waals surface area contributed by atoms with Gasteiger partial charge in [-0.1, -0.05) is 29.8 Å². The number of allylic oxidation sites excluding steroid dienone is 1. The number of benzene rings is 2. The lowest BCUT2D eigenvalue weighted by molar-refractivity contribution is -0.123. The summed E-state index contributed by atoms with van der Waals surface area (Å²) in [5, 5.41) is 50.2. The third kappa shape index (κ3) is 5.89. The topological polar surface area (TPSA) is 148 Å². The van der Waals surface area contributed by atoms with Crippen molar-refractivity contribution in [2.45, 2.75) is 32.3 Å². The van der Waals surface area contributed by atoms with Crippen molar-refractivity contribution in [3.63, 3.8) is 0 Å². The van der Waals surface area contributed by atoms with Gasteiger partial charge in [0.2, 0.25) is 11.8 Å². The number of aliphatic hydroxyl groups is 2. The molecule has 1 aliphatic carbocycles. The number of phenolic OH excluding ortho intramolecular Hbond substituents is 1. The summed E-state index contributed by atoms with van der Waals surface area (Å²) in [6.07, 6.45) is 1.56. The molecule has 0 bridgehead atoms. The highest BCUT2D eigenvalue weighted by atomic mass is 19.1. The largest absolute Gasteiger partial charge is 0.505 e. The number of rotatable bonds is 10. The fourth-order valence-electron chi connectivity index (χ4n) is 5.83. The number of aromatic hydroxyl groups is 1. The van der Waals surface area contributed by atoms with Crippen LogP contribution in [0.4, 0.5) is 10.1 Å². The number of phenols is 1. The van der Waals surface area contributed by atoms with E-state index in [0.717, 1.165) is 10.5 Å². The lowest BCUT2D eigenvalue weighted by Gasteiger charge is -2.36. The van der Waals surface area contributed by atoms with Crippen molar-refractivity contribution in [1.29, 1.82) is 0 Å². The number of anilines is 1. The zero-order valence-corrected chi connectivity index (χ0v) is 22.3.